The number of nitrogens with one attached hydrogen (secondary N) is 1. The van der Waals surface area contributed by atoms with E-state index in [2.05, 4.69) is 10.2 Å². The Morgan fingerprint density at radius 3 is 2.33 bits per heavy atom. The van der Waals surface area contributed by atoms with Crippen molar-refractivity contribution < 1.29 is 8.42 Å². The molecule has 0 unspecified atom stereocenters. The topological polar surface area (TPSA) is 83.1 Å². The lowest BCUT2D eigenvalue weighted by atomic mass is 10.1. The highest BCUT2D eigenvalue weighted by Gasteiger charge is 2.27. The third kappa shape index (κ3) is 3.31. The van der Waals surface area contributed by atoms with Crippen LogP contribution in [0.4, 0.5) is 0 Å². The summed E-state index contributed by atoms with van der Waals surface area (Å²) >= 11 is 5.82. The van der Waals surface area contributed by atoms with E-state index in [0.717, 1.165) is 11.6 Å². The van der Waals surface area contributed by atoms with E-state index in [1.54, 1.807) is 31.2 Å². The highest BCUT2D eigenvalue weighted by molar-refractivity contribution is 7.89. The van der Waals surface area contributed by atoms with Crippen molar-refractivity contribution in [1.29, 1.82) is 0 Å². The molecule has 6 nitrogen and oxygen atoms in total. The number of sulfonamides is 1. The second-order valence-electron chi connectivity index (χ2n) is 4.51. The highest BCUT2D eigenvalue weighted by atomic mass is 35.5. The zero-order chi connectivity index (χ0) is 15.6. The van der Waals surface area contributed by atoms with E-state index in [-0.39, 0.29) is 5.03 Å². The molecule has 2 rings (SSSR count). The Bertz CT molecular complexity index is 767. The van der Waals surface area contributed by atoms with E-state index < -0.39 is 21.6 Å². The first kappa shape index (κ1) is 15.7. The van der Waals surface area contributed by atoms with Gasteiger partial charge in [0.25, 0.3) is 15.6 Å². The van der Waals surface area contributed by atoms with Gasteiger partial charge in [0.1, 0.15) is 0 Å². The smallest absolute Gasteiger partial charge is 0.264 e. The third-order valence-electron chi connectivity index (χ3n) is 3.19. The van der Waals surface area contributed by atoms with Crippen molar-refractivity contribution >= 4 is 21.6 Å². The van der Waals surface area contributed by atoms with Crippen molar-refractivity contribution in [3.8, 4) is 0 Å². The highest BCUT2D eigenvalue weighted by Crippen LogP contribution is 2.25. The summed E-state index contributed by atoms with van der Waals surface area (Å²) in [4.78, 5) is 11.0. The molecular formula is C13H14ClN3O3S. The van der Waals surface area contributed by atoms with Gasteiger partial charge in [-0.05, 0) is 30.7 Å². The second-order valence-corrected chi connectivity index (χ2v) is 6.89. The minimum Gasteiger partial charge on any atom is -0.268 e. The standard InChI is InChI=1S/C13H14ClN3O3S/c1-9(10-3-5-11(14)6-4-10)17(2)21(19,20)13-8-7-12(18)15-16-13/h3-9H,1-2H3,(H,15,18)/t9-/m0/s1. The molecule has 0 radical (unpaired) electrons. The van der Waals surface area contributed by atoms with E-state index in [9.17, 15) is 13.2 Å². The molecule has 0 spiro atoms. The molecule has 0 aliphatic heterocycles. The van der Waals surface area contributed by atoms with Crippen LogP contribution in [0.5, 0.6) is 0 Å². The molecule has 8 heteroatoms. The summed E-state index contributed by atoms with van der Waals surface area (Å²) in [5.74, 6) is 0. The Kier molecular flexibility index (Phi) is 4.46. The van der Waals surface area contributed by atoms with E-state index in [4.69, 9.17) is 11.6 Å². The van der Waals surface area contributed by atoms with Gasteiger partial charge in [-0.15, -0.1) is 0 Å². The van der Waals surface area contributed by atoms with Crippen LogP contribution in [0.3, 0.4) is 0 Å². The summed E-state index contributed by atoms with van der Waals surface area (Å²) in [5.41, 5.74) is 0.345. The number of halogens is 1. The van der Waals surface area contributed by atoms with Crippen LogP contribution < -0.4 is 5.56 Å². The predicted molar refractivity (Wildman–Crippen MR) is 79.7 cm³/mol. The third-order valence-corrected chi connectivity index (χ3v) is 5.28. The van der Waals surface area contributed by atoms with Crippen LogP contribution in [0, 0.1) is 0 Å². The summed E-state index contributed by atoms with van der Waals surface area (Å²) < 4.78 is 26.1. The van der Waals surface area contributed by atoms with Gasteiger partial charge in [-0.1, -0.05) is 23.7 Å². The molecule has 1 aromatic heterocycles. The van der Waals surface area contributed by atoms with Crippen LogP contribution in [-0.4, -0.2) is 30.0 Å². The van der Waals surface area contributed by atoms with Gasteiger partial charge in [-0.25, -0.2) is 13.5 Å². The quantitative estimate of drug-likeness (QED) is 0.928. The number of H-pyrrole nitrogens is 1. The maximum Gasteiger partial charge on any atom is 0.264 e. The van der Waals surface area contributed by atoms with Crippen LogP contribution in [0.2, 0.25) is 5.02 Å². The van der Waals surface area contributed by atoms with Crippen molar-refractivity contribution in [2.75, 3.05) is 7.05 Å². The minimum absolute atomic E-state index is 0.203. The first-order chi connectivity index (χ1) is 9.82. The molecule has 0 aliphatic rings. The fourth-order valence-corrected chi connectivity index (χ4v) is 3.14. The number of aromatic nitrogens is 2. The van der Waals surface area contributed by atoms with Crippen molar-refractivity contribution in [3.63, 3.8) is 0 Å². The van der Waals surface area contributed by atoms with Crippen LogP contribution in [-0.2, 0) is 10.0 Å². The zero-order valence-corrected chi connectivity index (χ0v) is 13.0. The maximum atomic E-state index is 12.4. The Morgan fingerprint density at radius 1 is 1.19 bits per heavy atom. The van der Waals surface area contributed by atoms with Gasteiger partial charge in [0, 0.05) is 24.2 Å². The Hall–Kier alpha value is -1.70. The molecule has 1 aromatic carbocycles. The fraction of sp³-hybridized carbons (Fsp3) is 0.231. The van der Waals surface area contributed by atoms with E-state index in [1.165, 1.54) is 17.4 Å². The first-order valence-electron chi connectivity index (χ1n) is 6.11. The van der Waals surface area contributed by atoms with Gasteiger partial charge in [0.2, 0.25) is 0 Å². The normalized spacial score (nSPS) is 13.3. The molecule has 0 bridgehead atoms. The van der Waals surface area contributed by atoms with Crippen LogP contribution in [0.25, 0.3) is 0 Å². The number of benzene rings is 1. The molecular weight excluding hydrogens is 314 g/mol. The predicted octanol–water partition coefficient (Wildman–Crippen LogP) is 1.80. The van der Waals surface area contributed by atoms with Crippen molar-refractivity contribution in [2.45, 2.75) is 18.0 Å². The van der Waals surface area contributed by atoms with Crippen LogP contribution in [0.15, 0.2) is 46.2 Å². The molecule has 1 heterocycles. The molecule has 1 N–H and O–H groups in total. The molecule has 0 fully saturated rings. The fourth-order valence-electron chi connectivity index (χ4n) is 1.78. The van der Waals surface area contributed by atoms with E-state index >= 15 is 0 Å². The molecule has 1 atom stereocenters. The van der Waals surface area contributed by atoms with Crippen molar-refractivity contribution in [2.24, 2.45) is 0 Å². The minimum atomic E-state index is -3.79. The first-order valence-corrected chi connectivity index (χ1v) is 7.93. The summed E-state index contributed by atoms with van der Waals surface area (Å²) in [7, 11) is -2.33. The number of rotatable bonds is 4. The van der Waals surface area contributed by atoms with E-state index in [1.807, 2.05) is 0 Å². The SMILES string of the molecule is C[C@@H](c1ccc(Cl)cc1)N(C)S(=O)(=O)c1ccc(=O)[nH]n1. The maximum absolute atomic E-state index is 12.4. The molecule has 21 heavy (non-hydrogen) atoms. The molecule has 0 saturated carbocycles. The van der Waals surface area contributed by atoms with Gasteiger partial charge >= 0.3 is 0 Å². The monoisotopic (exact) mass is 327 g/mol. The number of nitrogens with zero attached hydrogens (tertiary/aromatic N) is 2. The van der Waals surface area contributed by atoms with Crippen molar-refractivity contribution in [3.05, 3.63) is 57.3 Å². The van der Waals surface area contributed by atoms with Gasteiger partial charge in [0.15, 0.2) is 5.03 Å². The van der Waals surface area contributed by atoms with Gasteiger partial charge in [-0.3, -0.25) is 4.79 Å². The molecule has 0 aliphatic carbocycles. The lowest BCUT2D eigenvalue weighted by molar-refractivity contribution is 0.396. The largest absolute Gasteiger partial charge is 0.268 e. The number of aromatic amines is 1. The summed E-state index contributed by atoms with van der Waals surface area (Å²) in [6.45, 7) is 1.76. The second kappa shape index (κ2) is 5.97. The molecule has 0 amide bonds. The van der Waals surface area contributed by atoms with Gasteiger partial charge in [-0.2, -0.15) is 9.40 Å². The van der Waals surface area contributed by atoms with Crippen molar-refractivity contribution in [1.82, 2.24) is 14.5 Å². The van der Waals surface area contributed by atoms with Gasteiger partial charge in [0.05, 0.1) is 0 Å². The Balaban J connectivity index is 2.33. The van der Waals surface area contributed by atoms with E-state index in [0.29, 0.717) is 5.02 Å². The molecule has 2 aromatic rings. The Labute approximate surface area is 127 Å². The van der Waals surface area contributed by atoms with Gasteiger partial charge < -0.3 is 0 Å². The summed E-state index contributed by atoms with van der Waals surface area (Å²) in [5, 5.41) is 6.07. The molecule has 112 valence electrons. The number of hydrogen-bond donors (Lipinski definition) is 1. The molecule has 0 saturated heterocycles. The van der Waals surface area contributed by atoms with Crippen LogP contribution in [0.1, 0.15) is 18.5 Å². The lowest BCUT2D eigenvalue weighted by Crippen LogP contribution is -2.31. The zero-order valence-electron chi connectivity index (χ0n) is 11.4. The summed E-state index contributed by atoms with van der Waals surface area (Å²) in [6.07, 6.45) is 0. The Morgan fingerprint density at radius 2 is 1.81 bits per heavy atom. The van der Waals surface area contributed by atoms with Crippen LogP contribution >= 0.6 is 11.6 Å². The average molecular weight is 328 g/mol. The average Bonchev–Trinajstić information content (AvgIpc) is 2.47. The summed E-state index contributed by atoms with van der Waals surface area (Å²) in [6, 6.07) is 8.83. The number of hydrogen-bond acceptors (Lipinski definition) is 4. The lowest BCUT2D eigenvalue weighted by Gasteiger charge is -2.24.